The van der Waals surface area contributed by atoms with Crippen molar-refractivity contribution in [1.82, 2.24) is 19.5 Å². The van der Waals surface area contributed by atoms with Crippen LogP contribution in [0, 0.1) is 0 Å². The Morgan fingerprint density at radius 3 is 2.74 bits per heavy atom. The Kier molecular flexibility index (Phi) is 3.10. The minimum Gasteiger partial charge on any atom is -0.364 e. The summed E-state index contributed by atoms with van der Waals surface area (Å²) in [6, 6.07) is 10.2. The zero-order valence-electron chi connectivity index (χ0n) is 10.7. The van der Waals surface area contributed by atoms with Crippen molar-refractivity contribution in [3.05, 3.63) is 48.5 Å². The fourth-order valence-corrected chi connectivity index (χ4v) is 2.06. The Morgan fingerprint density at radius 1 is 1.11 bits per heavy atom. The van der Waals surface area contributed by atoms with E-state index in [9.17, 15) is 0 Å². The first-order chi connectivity index (χ1) is 9.38. The number of benzene rings is 1. The van der Waals surface area contributed by atoms with E-state index in [1.807, 2.05) is 22.8 Å². The Labute approximate surface area is 111 Å². The van der Waals surface area contributed by atoms with Gasteiger partial charge in [-0.2, -0.15) is 0 Å². The summed E-state index contributed by atoms with van der Waals surface area (Å²) in [6.45, 7) is 3.67. The van der Waals surface area contributed by atoms with Gasteiger partial charge >= 0.3 is 0 Å². The molecule has 96 valence electrons. The summed E-state index contributed by atoms with van der Waals surface area (Å²) >= 11 is 0. The normalized spacial score (nSPS) is 10.8. The molecule has 5 heteroatoms. The number of nitrogens with zero attached hydrogens (tertiary/aromatic N) is 4. The second-order valence-electron chi connectivity index (χ2n) is 4.26. The maximum atomic E-state index is 4.32. The lowest BCUT2D eigenvalue weighted by molar-refractivity contribution is 0.785. The van der Waals surface area contributed by atoms with Gasteiger partial charge in [0.05, 0.1) is 6.33 Å². The van der Waals surface area contributed by atoms with E-state index in [1.165, 1.54) is 5.56 Å². The van der Waals surface area contributed by atoms with Crippen LogP contribution < -0.4 is 5.32 Å². The molecule has 3 rings (SSSR count). The molecular weight excluding hydrogens is 238 g/mol. The molecule has 2 heterocycles. The number of fused-ring (bicyclic) bond motifs is 1. The van der Waals surface area contributed by atoms with Crippen molar-refractivity contribution >= 4 is 17.0 Å². The molecule has 0 fully saturated rings. The molecule has 0 saturated carbocycles. The fourth-order valence-electron chi connectivity index (χ4n) is 2.06. The average Bonchev–Trinajstić information content (AvgIpc) is 2.90. The van der Waals surface area contributed by atoms with Gasteiger partial charge in [-0.3, -0.25) is 0 Å². The molecular formula is C14H15N5. The number of imidazole rings is 1. The summed E-state index contributed by atoms with van der Waals surface area (Å²) in [4.78, 5) is 12.8. The van der Waals surface area contributed by atoms with Gasteiger partial charge in [-0.05, 0) is 12.5 Å². The predicted molar refractivity (Wildman–Crippen MR) is 74.8 cm³/mol. The number of hydrogen-bond donors (Lipinski definition) is 1. The van der Waals surface area contributed by atoms with Gasteiger partial charge < -0.3 is 9.88 Å². The van der Waals surface area contributed by atoms with Crippen molar-refractivity contribution in [2.75, 3.05) is 5.32 Å². The van der Waals surface area contributed by atoms with Crippen molar-refractivity contribution in [3.63, 3.8) is 0 Å². The minimum atomic E-state index is 0.729. The summed E-state index contributed by atoms with van der Waals surface area (Å²) < 4.78 is 2.04. The first-order valence-electron chi connectivity index (χ1n) is 6.32. The molecule has 0 atom stereocenters. The molecule has 0 aliphatic rings. The Hall–Kier alpha value is -2.43. The van der Waals surface area contributed by atoms with E-state index < -0.39 is 0 Å². The first-order valence-corrected chi connectivity index (χ1v) is 6.32. The standard InChI is InChI=1S/C14H15N5/c1-2-19-10-18-14-12(19)13(16-9-17-14)15-8-11-6-4-3-5-7-11/h3-7,9-10H,2,8H2,1H3,(H,15,16,17). The van der Waals surface area contributed by atoms with E-state index in [-0.39, 0.29) is 0 Å². The van der Waals surface area contributed by atoms with Gasteiger partial charge in [-0.1, -0.05) is 30.3 Å². The second-order valence-corrected chi connectivity index (χ2v) is 4.26. The van der Waals surface area contributed by atoms with Crippen molar-refractivity contribution in [3.8, 4) is 0 Å². The molecule has 0 spiro atoms. The van der Waals surface area contributed by atoms with Gasteiger partial charge in [0.25, 0.3) is 0 Å². The molecule has 0 radical (unpaired) electrons. The van der Waals surface area contributed by atoms with Gasteiger partial charge in [0, 0.05) is 13.1 Å². The third-order valence-electron chi connectivity index (χ3n) is 3.05. The van der Waals surface area contributed by atoms with Gasteiger partial charge in [-0.25, -0.2) is 15.0 Å². The van der Waals surface area contributed by atoms with Crippen LogP contribution in [-0.2, 0) is 13.1 Å². The molecule has 5 nitrogen and oxygen atoms in total. The van der Waals surface area contributed by atoms with E-state index in [0.717, 1.165) is 30.1 Å². The quantitative estimate of drug-likeness (QED) is 0.776. The van der Waals surface area contributed by atoms with Crippen LogP contribution in [0.15, 0.2) is 43.0 Å². The third-order valence-corrected chi connectivity index (χ3v) is 3.05. The van der Waals surface area contributed by atoms with Crippen LogP contribution in [0.4, 0.5) is 5.82 Å². The molecule has 1 aromatic carbocycles. The maximum Gasteiger partial charge on any atom is 0.182 e. The maximum absolute atomic E-state index is 4.32. The SMILES string of the molecule is CCn1cnc2ncnc(NCc3ccccc3)c21. The van der Waals surface area contributed by atoms with E-state index in [4.69, 9.17) is 0 Å². The monoisotopic (exact) mass is 253 g/mol. The van der Waals surface area contributed by atoms with E-state index >= 15 is 0 Å². The smallest absolute Gasteiger partial charge is 0.182 e. The largest absolute Gasteiger partial charge is 0.364 e. The lowest BCUT2D eigenvalue weighted by Gasteiger charge is -2.08. The summed E-state index contributed by atoms with van der Waals surface area (Å²) in [6.07, 6.45) is 3.34. The van der Waals surface area contributed by atoms with Crippen molar-refractivity contribution in [2.45, 2.75) is 20.0 Å². The molecule has 19 heavy (non-hydrogen) atoms. The number of anilines is 1. The van der Waals surface area contributed by atoms with Gasteiger partial charge in [0.1, 0.15) is 11.8 Å². The molecule has 0 bridgehead atoms. The lowest BCUT2D eigenvalue weighted by atomic mass is 10.2. The number of rotatable bonds is 4. The molecule has 2 aromatic heterocycles. The topological polar surface area (TPSA) is 55.6 Å². The number of aryl methyl sites for hydroxylation is 1. The number of nitrogens with one attached hydrogen (secondary N) is 1. The number of hydrogen-bond acceptors (Lipinski definition) is 4. The van der Waals surface area contributed by atoms with Crippen LogP contribution in [0.1, 0.15) is 12.5 Å². The van der Waals surface area contributed by atoms with E-state index in [1.54, 1.807) is 12.7 Å². The van der Waals surface area contributed by atoms with Gasteiger partial charge in [0.2, 0.25) is 0 Å². The highest BCUT2D eigenvalue weighted by molar-refractivity contribution is 5.82. The minimum absolute atomic E-state index is 0.729. The van der Waals surface area contributed by atoms with Gasteiger partial charge in [0.15, 0.2) is 11.5 Å². The highest BCUT2D eigenvalue weighted by Gasteiger charge is 2.09. The zero-order chi connectivity index (χ0) is 13.1. The summed E-state index contributed by atoms with van der Waals surface area (Å²) in [5.74, 6) is 0.827. The van der Waals surface area contributed by atoms with Crippen LogP contribution in [-0.4, -0.2) is 19.5 Å². The first kappa shape index (κ1) is 11.6. The number of aromatic nitrogens is 4. The lowest BCUT2D eigenvalue weighted by Crippen LogP contribution is -2.04. The van der Waals surface area contributed by atoms with Gasteiger partial charge in [-0.15, -0.1) is 0 Å². The Morgan fingerprint density at radius 2 is 1.95 bits per heavy atom. The van der Waals surface area contributed by atoms with E-state index in [2.05, 4.69) is 39.3 Å². The molecule has 0 unspecified atom stereocenters. The summed E-state index contributed by atoms with van der Waals surface area (Å²) in [5.41, 5.74) is 2.91. The van der Waals surface area contributed by atoms with Crippen molar-refractivity contribution < 1.29 is 0 Å². The second kappa shape index (κ2) is 5.06. The highest BCUT2D eigenvalue weighted by atomic mass is 15.1. The molecule has 0 amide bonds. The van der Waals surface area contributed by atoms with Crippen LogP contribution in [0.2, 0.25) is 0 Å². The Balaban J connectivity index is 1.90. The van der Waals surface area contributed by atoms with Crippen molar-refractivity contribution in [1.29, 1.82) is 0 Å². The van der Waals surface area contributed by atoms with Crippen molar-refractivity contribution in [2.24, 2.45) is 0 Å². The Bertz CT molecular complexity index is 675. The summed E-state index contributed by atoms with van der Waals surface area (Å²) in [5, 5.41) is 3.35. The molecule has 0 aliphatic carbocycles. The summed E-state index contributed by atoms with van der Waals surface area (Å²) in [7, 11) is 0. The average molecular weight is 253 g/mol. The van der Waals surface area contributed by atoms with Crippen LogP contribution >= 0.6 is 0 Å². The van der Waals surface area contributed by atoms with Crippen LogP contribution in [0.25, 0.3) is 11.2 Å². The molecule has 0 saturated heterocycles. The molecule has 0 aliphatic heterocycles. The predicted octanol–water partition coefficient (Wildman–Crippen LogP) is 2.46. The fraction of sp³-hybridized carbons (Fsp3) is 0.214. The highest BCUT2D eigenvalue weighted by Crippen LogP contribution is 2.18. The molecule has 3 aromatic rings. The molecule has 1 N–H and O–H groups in total. The van der Waals surface area contributed by atoms with Crippen LogP contribution in [0.3, 0.4) is 0 Å². The zero-order valence-corrected chi connectivity index (χ0v) is 10.7. The van der Waals surface area contributed by atoms with E-state index in [0.29, 0.717) is 0 Å². The van der Waals surface area contributed by atoms with Crippen LogP contribution in [0.5, 0.6) is 0 Å². The third kappa shape index (κ3) is 2.27.